The van der Waals surface area contributed by atoms with E-state index >= 15 is 0 Å². The van der Waals surface area contributed by atoms with Crippen molar-refractivity contribution in [1.82, 2.24) is 34.8 Å². The molecule has 0 amide bonds. The van der Waals surface area contributed by atoms with Gasteiger partial charge in [-0.2, -0.15) is 15.5 Å². The first kappa shape index (κ1) is 22.4. The summed E-state index contributed by atoms with van der Waals surface area (Å²) in [6.45, 7) is 2.60. The van der Waals surface area contributed by atoms with E-state index in [0.717, 1.165) is 28.8 Å². The van der Waals surface area contributed by atoms with Crippen molar-refractivity contribution in [2.45, 2.75) is 25.0 Å². The summed E-state index contributed by atoms with van der Waals surface area (Å²) in [5.74, 6) is 0.945. The summed E-state index contributed by atoms with van der Waals surface area (Å²) in [6, 6.07) is 9.89. The number of likely N-dealkylation sites (N-methyl/N-ethyl adjacent to an activating group) is 1. The minimum Gasteiger partial charge on any atom is -0.353 e. The van der Waals surface area contributed by atoms with E-state index in [-0.39, 0.29) is 6.04 Å². The molecular weight excluding hydrogens is 445 g/mol. The molecule has 1 aliphatic heterocycles. The summed E-state index contributed by atoms with van der Waals surface area (Å²) in [4.78, 5) is 11.3. The number of nitrogens with zero attached hydrogens (tertiary/aromatic N) is 8. The molecule has 2 atom stereocenters. The zero-order chi connectivity index (χ0) is 24.6. The molecule has 0 bridgehead atoms. The maximum atomic E-state index is 13.3. The Morgan fingerprint density at radius 2 is 2.06 bits per heavy atom. The van der Waals surface area contributed by atoms with Crippen molar-refractivity contribution < 1.29 is 4.39 Å². The number of nitrogens with one attached hydrogen (secondary N) is 1. The van der Waals surface area contributed by atoms with Crippen molar-refractivity contribution in [3.63, 3.8) is 0 Å². The largest absolute Gasteiger partial charge is 0.353 e. The highest BCUT2D eigenvalue weighted by molar-refractivity contribution is 5.61. The van der Waals surface area contributed by atoms with Gasteiger partial charge >= 0.3 is 0 Å². The molecule has 10 heteroatoms. The van der Waals surface area contributed by atoms with Gasteiger partial charge in [-0.25, -0.2) is 19.0 Å². The molecule has 0 aliphatic carbocycles. The fraction of sp³-hybridized carbons (Fsp3) is 0.240. The average molecular weight is 470 g/mol. The van der Waals surface area contributed by atoms with E-state index < -0.39 is 11.4 Å². The molecule has 176 valence electrons. The molecule has 1 aliphatic rings. The van der Waals surface area contributed by atoms with Crippen LogP contribution in [0.25, 0.3) is 11.9 Å². The molecule has 5 rings (SSSR count). The smallest absolute Gasteiger partial charge is 0.161 e. The molecule has 35 heavy (non-hydrogen) atoms. The minimum absolute atomic E-state index is 0.0495. The highest BCUT2D eigenvalue weighted by Crippen LogP contribution is 2.37. The van der Waals surface area contributed by atoms with Gasteiger partial charge in [-0.3, -0.25) is 4.68 Å². The Kier molecular flexibility index (Phi) is 5.62. The van der Waals surface area contributed by atoms with Crippen molar-refractivity contribution >= 4 is 11.9 Å². The van der Waals surface area contributed by atoms with Gasteiger partial charge in [-0.05, 0) is 37.7 Å². The summed E-state index contributed by atoms with van der Waals surface area (Å²) in [6.07, 6.45) is 11.6. The van der Waals surface area contributed by atoms with Gasteiger partial charge in [0.15, 0.2) is 11.6 Å². The Balaban J connectivity index is 1.46. The van der Waals surface area contributed by atoms with Crippen LogP contribution >= 0.6 is 0 Å². The summed E-state index contributed by atoms with van der Waals surface area (Å²) in [5, 5.41) is 21.2. The fourth-order valence-corrected chi connectivity index (χ4v) is 4.40. The standard InChI is InChI=1S/C25H24FN9/c1-17(18-6-7-23(30-12-18)34-15-20(26)14-32-34)33(3)24-21(5-4-10-29-24)25(28-2)9-8-22-19(11-27)13-31-35(22)16-25/h4-10,12-15,17,28H,16H2,1-3H3. The molecule has 9 nitrogen and oxygen atoms in total. The number of nitriles is 1. The Bertz CT molecular complexity index is 1430. The molecule has 1 N–H and O–H groups in total. The molecule has 0 saturated heterocycles. The van der Waals surface area contributed by atoms with Crippen molar-refractivity contribution in [2.75, 3.05) is 19.0 Å². The van der Waals surface area contributed by atoms with E-state index in [2.05, 4.69) is 50.5 Å². The van der Waals surface area contributed by atoms with Gasteiger partial charge in [0.25, 0.3) is 0 Å². The van der Waals surface area contributed by atoms with E-state index in [1.807, 2.05) is 43.1 Å². The third-order valence-corrected chi connectivity index (χ3v) is 6.59. The fourth-order valence-electron chi connectivity index (χ4n) is 4.40. The first-order valence-electron chi connectivity index (χ1n) is 11.1. The second kappa shape index (κ2) is 8.77. The Labute approximate surface area is 202 Å². The second-order valence-corrected chi connectivity index (χ2v) is 8.48. The lowest BCUT2D eigenvalue weighted by Crippen LogP contribution is -2.45. The molecule has 2 unspecified atom stereocenters. The van der Waals surface area contributed by atoms with Crippen molar-refractivity contribution in [3.8, 4) is 11.9 Å². The van der Waals surface area contributed by atoms with Gasteiger partial charge in [0.2, 0.25) is 0 Å². The summed E-state index contributed by atoms with van der Waals surface area (Å²) >= 11 is 0. The van der Waals surface area contributed by atoms with Crippen LogP contribution in [-0.4, -0.2) is 43.6 Å². The summed E-state index contributed by atoms with van der Waals surface area (Å²) in [5.41, 5.74) is 2.76. The van der Waals surface area contributed by atoms with Gasteiger partial charge in [-0.15, -0.1) is 0 Å². The van der Waals surface area contributed by atoms with E-state index in [0.29, 0.717) is 17.9 Å². The molecule has 4 aromatic rings. The van der Waals surface area contributed by atoms with Crippen LogP contribution < -0.4 is 10.2 Å². The van der Waals surface area contributed by atoms with Crippen LogP contribution in [0.5, 0.6) is 0 Å². The van der Waals surface area contributed by atoms with Crippen LogP contribution in [0.4, 0.5) is 10.2 Å². The van der Waals surface area contributed by atoms with Crippen LogP contribution in [-0.2, 0) is 12.1 Å². The predicted molar refractivity (Wildman–Crippen MR) is 129 cm³/mol. The number of fused-ring (bicyclic) bond motifs is 1. The third kappa shape index (κ3) is 3.86. The maximum absolute atomic E-state index is 13.3. The number of hydrogen-bond acceptors (Lipinski definition) is 7. The van der Waals surface area contributed by atoms with E-state index in [1.54, 1.807) is 18.6 Å². The van der Waals surface area contributed by atoms with Gasteiger partial charge in [-0.1, -0.05) is 18.2 Å². The van der Waals surface area contributed by atoms with E-state index in [1.165, 1.54) is 10.9 Å². The molecule has 0 saturated carbocycles. The van der Waals surface area contributed by atoms with Crippen LogP contribution in [0.2, 0.25) is 0 Å². The SMILES string of the molecule is CNC1(c2cccnc2N(C)C(C)c2ccc(-n3cc(F)cn3)nc2)C=Cc2c(C#N)cnn2C1. The number of aromatic nitrogens is 6. The number of pyridine rings is 2. The third-order valence-electron chi connectivity index (χ3n) is 6.59. The van der Waals surface area contributed by atoms with E-state index in [4.69, 9.17) is 4.98 Å². The highest BCUT2D eigenvalue weighted by atomic mass is 19.1. The van der Waals surface area contributed by atoms with Gasteiger partial charge in [0.1, 0.15) is 11.9 Å². The van der Waals surface area contributed by atoms with Crippen LogP contribution in [0.1, 0.15) is 35.3 Å². The molecule has 5 heterocycles. The quantitative estimate of drug-likeness (QED) is 0.463. The zero-order valence-electron chi connectivity index (χ0n) is 19.6. The lowest BCUT2D eigenvalue weighted by Gasteiger charge is -2.37. The highest BCUT2D eigenvalue weighted by Gasteiger charge is 2.36. The summed E-state index contributed by atoms with van der Waals surface area (Å²) < 4.78 is 16.6. The monoisotopic (exact) mass is 469 g/mol. The van der Waals surface area contributed by atoms with Crippen LogP contribution in [0.3, 0.4) is 0 Å². The Morgan fingerprint density at radius 1 is 1.20 bits per heavy atom. The van der Waals surface area contributed by atoms with Crippen molar-refractivity contribution in [2.24, 2.45) is 0 Å². The Hall–Kier alpha value is -4.36. The molecule has 0 aromatic carbocycles. The molecule has 0 fully saturated rings. The predicted octanol–water partition coefficient (Wildman–Crippen LogP) is 3.21. The number of hydrogen-bond donors (Lipinski definition) is 1. The average Bonchev–Trinajstić information content (AvgIpc) is 3.53. The minimum atomic E-state index is -0.560. The van der Waals surface area contributed by atoms with Gasteiger partial charge in [0, 0.05) is 25.0 Å². The second-order valence-electron chi connectivity index (χ2n) is 8.48. The van der Waals surface area contributed by atoms with Gasteiger partial charge in [0.05, 0.1) is 48.0 Å². The van der Waals surface area contributed by atoms with Crippen molar-refractivity contribution in [3.05, 3.63) is 89.5 Å². The molecule has 0 spiro atoms. The topological polar surface area (TPSA) is 100 Å². The number of rotatable bonds is 6. The van der Waals surface area contributed by atoms with Gasteiger partial charge < -0.3 is 10.2 Å². The van der Waals surface area contributed by atoms with Crippen LogP contribution in [0, 0.1) is 17.1 Å². The zero-order valence-corrected chi connectivity index (χ0v) is 19.6. The van der Waals surface area contributed by atoms with E-state index in [9.17, 15) is 9.65 Å². The first-order valence-corrected chi connectivity index (χ1v) is 11.1. The lowest BCUT2D eigenvalue weighted by molar-refractivity contribution is 0.358. The summed E-state index contributed by atoms with van der Waals surface area (Å²) in [7, 11) is 3.90. The Morgan fingerprint density at radius 3 is 2.74 bits per heavy atom. The molecule has 0 radical (unpaired) electrons. The maximum Gasteiger partial charge on any atom is 0.161 e. The number of halogens is 1. The first-order chi connectivity index (χ1) is 17.0. The van der Waals surface area contributed by atoms with Crippen LogP contribution in [0.15, 0.2) is 61.3 Å². The molecular formula is C25H24FN9. The number of anilines is 1. The normalized spacial score (nSPS) is 17.6. The lowest BCUT2D eigenvalue weighted by atomic mass is 9.86. The van der Waals surface area contributed by atoms with Crippen molar-refractivity contribution in [1.29, 1.82) is 5.26 Å². The molecule has 4 aromatic heterocycles.